The summed E-state index contributed by atoms with van der Waals surface area (Å²) < 4.78 is 2.41. The molecule has 9 aromatic carbocycles. The van der Waals surface area contributed by atoms with Crippen LogP contribution >= 0.6 is 0 Å². The molecule has 0 spiro atoms. The van der Waals surface area contributed by atoms with E-state index in [1.165, 1.54) is 66.3 Å². The first-order chi connectivity index (χ1) is 28.3. The minimum Gasteiger partial charge on any atom is -0.310 e. The van der Waals surface area contributed by atoms with Crippen LogP contribution in [0.25, 0.3) is 49.7 Å². The van der Waals surface area contributed by atoms with Gasteiger partial charge in [-0.2, -0.15) is 0 Å². The third kappa shape index (κ3) is 5.11. The lowest BCUT2D eigenvalue weighted by atomic mass is 9.67. The SMILES string of the molecule is c1ccc(-c2ccccc2N(c2ccc3c(c2)C(c2ccccc2)(c2ccccc2)c2ccccc2-3)c2ccc3c4ccccc4n(-c4ccccc4)c3c2)cc1. The zero-order valence-corrected chi connectivity index (χ0v) is 31.3. The summed E-state index contributed by atoms with van der Waals surface area (Å²) in [5.74, 6) is 0. The molecule has 57 heavy (non-hydrogen) atoms. The summed E-state index contributed by atoms with van der Waals surface area (Å²) >= 11 is 0. The normalized spacial score (nSPS) is 12.7. The first-order valence-electron chi connectivity index (χ1n) is 19.7. The molecule has 1 aliphatic carbocycles. The number of rotatable bonds is 7. The highest BCUT2D eigenvalue weighted by Gasteiger charge is 2.46. The summed E-state index contributed by atoms with van der Waals surface area (Å²) in [6.07, 6.45) is 0. The largest absolute Gasteiger partial charge is 0.310 e. The van der Waals surface area contributed by atoms with E-state index in [0.717, 1.165) is 22.7 Å². The second-order valence-electron chi connectivity index (χ2n) is 14.9. The first kappa shape index (κ1) is 33.0. The average molecular weight is 727 g/mol. The lowest BCUT2D eigenvalue weighted by Gasteiger charge is -2.35. The first-order valence-corrected chi connectivity index (χ1v) is 19.7. The van der Waals surface area contributed by atoms with Crippen LogP contribution in [0, 0.1) is 0 Å². The Kier molecular flexibility index (Phi) is 7.75. The van der Waals surface area contributed by atoms with E-state index in [-0.39, 0.29) is 0 Å². The molecule has 0 radical (unpaired) electrons. The predicted octanol–water partition coefficient (Wildman–Crippen LogP) is 14.3. The number of nitrogens with zero attached hydrogens (tertiary/aromatic N) is 2. The maximum Gasteiger partial charge on any atom is 0.0714 e. The summed E-state index contributed by atoms with van der Waals surface area (Å²) in [4.78, 5) is 2.47. The third-order valence-corrected chi connectivity index (χ3v) is 11.9. The van der Waals surface area contributed by atoms with Crippen molar-refractivity contribution in [3.8, 4) is 27.9 Å². The van der Waals surface area contributed by atoms with Gasteiger partial charge in [0.05, 0.1) is 22.1 Å². The van der Waals surface area contributed by atoms with E-state index in [0.29, 0.717) is 0 Å². The van der Waals surface area contributed by atoms with Crippen LogP contribution < -0.4 is 4.90 Å². The van der Waals surface area contributed by atoms with Gasteiger partial charge in [-0.15, -0.1) is 0 Å². The molecule has 0 saturated heterocycles. The van der Waals surface area contributed by atoms with Crippen LogP contribution in [0.2, 0.25) is 0 Å². The molecule has 11 rings (SSSR count). The van der Waals surface area contributed by atoms with Crippen molar-refractivity contribution in [2.75, 3.05) is 4.90 Å². The van der Waals surface area contributed by atoms with Crippen molar-refractivity contribution in [2.45, 2.75) is 5.41 Å². The molecule has 10 aromatic rings. The van der Waals surface area contributed by atoms with Gasteiger partial charge in [-0.05, 0) is 87.5 Å². The van der Waals surface area contributed by atoms with Gasteiger partial charge in [0.25, 0.3) is 0 Å². The van der Waals surface area contributed by atoms with E-state index < -0.39 is 5.41 Å². The van der Waals surface area contributed by atoms with Gasteiger partial charge in [0, 0.05) is 33.4 Å². The number of fused-ring (bicyclic) bond motifs is 6. The van der Waals surface area contributed by atoms with E-state index in [4.69, 9.17) is 0 Å². The Morgan fingerprint density at radius 1 is 0.351 bits per heavy atom. The van der Waals surface area contributed by atoms with Crippen molar-refractivity contribution < 1.29 is 0 Å². The highest BCUT2D eigenvalue weighted by atomic mass is 15.1. The fourth-order valence-electron chi connectivity index (χ4n) is 9.48. The molecular formula is C55H38N2. The second kappa shape index (κ2) is 13.4. The van der Waals surface area contributed by atoms with Gasteiger partial charge in [0.15, 0.2) is 0 Å². The Morgan fingerprint density at radius 3 is 1.61 bits per heavy atom. The van der Waals surface area contributed by atoms with Gasteiger partial charge in [-0.3, -0.25) is 0 Å². The standard InChI is InChI=1S/C55H38N2/c1-5-19-39(20-6-1)45-27-14-17-31-52(45)56(44-34-36-49-48-29-15-18-32-53(48)57(54(49)38-44)42-25-11-4-12-26-42)43-33-35-47-46-28-13-16-30-50(46)55(51(47)37-43,40-21-7-2-8-22-40)41-23-9-3-10-24-41/h1-38H. The molecule has 0 unspecified atom stereocenters. The number of para-hydroxylation sites is 3. The Morgan fingerprint density at radius 2 is 0.877 bits per heavy atom. The fourth-order valence-corrected chi connectivity index (χ4v) is 9.48. The number of hydrogen-bond acceptors (Lipinski definition) is 1. The molecule has 0 atom stereocenters. The number of benzene rings is 9. The van der Waals surface area contributed by atoms with Crippen molar-refractivity contribution in [1.29, 1.82) is 0 Å². The zero-order chi connectivity index (χ0) is 37.8. The van der Waals surface area contributed by atoms with Crippen LogP contribution in [0.5, 0.6) is 0 Å². The molecular weight excluding hydrogens is 689 g/mol. The summed E-state index contributed by atoms with van der Waals surface area (Å²) in [7, 11) is 0. The predicted molar refractivity (Wildman–Crippen MR) is 238 cm³/mol. The second-order valence-corrected chi connectivity index (χ2v) is 14.9. The molecule has 2 nitrogen and oxygen atoms in total. The van der Waals surface area contributed by atoms with Crippen LogP contribution in [-0.4, -0.2) is 4.57 Å². The van der Waals surface area contributed by atoms with Gasteiger partial charge in [-0.1, -0.05) is 182 Å². The van der Waals surface area contributed by atoms with E-state index in [1.807, 2.05) is 0 Å². The van der Waals surface area contributed by atoms with Crippen molar-refractivity contribution in [3.05, 3.63) is 253 Å². The van der Waals surface area contributed by atoms with Gasteiger partial charge < -0.3 is 9.47 Å². The topological polar surface area (TPSA) is 8.17 Å². The molecule has 1 aliphatic rings. The van der Waals surface area contributed by atoms with Crippen molar-refractivity contribution in [3.63, 3.8) is 0 Å². The lowest BCUT2D eigenvalue weighted by molar-refractivity contribution is 0.768. The quantitative estimate of drug-likeness (QED) is 0.159. The molecule has 268 valence electrons. The smallest absolute Gasteiger partial charge is 0.0714 e. The molecule has 0 aliphatic heterocycles. The average Bonchev–Trinajstić information content (AvgIpc) is 3.78. The zero-order valence-electron chi connectivity index (χ0n) is 31.3. The monoisotopic (exact) mass is 726 g/mol. The Hall–Kier alpha value is -7.42. The summed E-state index contributed by atoms with van der Waals surface area (Å²) in [5.41, 5.74) is 16.3. The van der Waals surface area contributed by atoms with Crippen LogP contribution in [0.3, 0.4) is 0 Å². The fraction of sp³-hybridized carbons (Fsp3) is 0.0182. The molecule has 0 amide bonds. The van der Waals surface area contributed by atoms with Crippen LogP contribution in [-0.2, 0) is 5.41 Å². The van der Waals surface area contributed by atoms with Gasteiger partial charge in [0.2, 0.25) is 0 Å². The third-order valence-electron chi connectivity index (χ3n) is 11.9. The molecule has 1 heterocycles. The molecule has 0 bridgehead atoms. The number of hydrogen-bond donors (Lipinski definition) is 0. The van der Waals surface area contributed by atoms with Crippen LogP contribution in [0.15, 0.2) is 231 Å². The summed E-state index contributed by atoms with van der Waals surface area (Å²) in [6.45, 7) is 0. The Labute approximate surface area is 333 Å². The summed E-state index contributed by atoms with van der Waals surface area (Å²) in [5, 5.41) is 2.47. The lowest BCUT2D eigenvalue weighted by Crippen LogP contribution is -2.28. The number of aromatic nitrogens is 1. The van der Waals surface area contributed by atoms with E-state index >= 15 is 0 Å². The Balaban J connectivity index is 1.22. The van der Waals surface area contributed by atoms with E-state index in [2.05, 4.69) is 240 Å². The molecule has 1 aromatic heterocycles. The van der Waals surface area contributed by atoms with Crippen LogP contribution in [0.4, 0.5) is 17.1 Å². The van der Waals surface area contributed by atoms with Gasteiger partial charge >= 0.3 is 0 Å². The maximum absolute atomic E-state index is 2.47. The van der Waals surface area contributed by atoms with Crippen LogP contribution in [0.1, 0.15) is 22.3 Å². The summed E-state index contributed by atoms with van der Waals surface area (Å²) in [6, 6.07) is 84.3. The molecule has 0 N–H and O–H groups in total. The minimum absolute atomic E-state index is 0.515. The minimum atomic E-state index is -0.515. The van der Waals surface area contributed by atoms with E-state index in [1.54, 1.807) is 0 Å². The molecule has 0 saturated carbocycles. The molecule has 0 fully saturated rings. The van der Waals surface area contributed by atoms with Crippen molar-refractivity contribution in [1.82, 2.24) is 4.57 Å². The van der Waals surface area contributed by atoms with Gasteiger partial charge in [0.1, 0.15) is 0 Å². The van der Waals surface area contributed by atoms with Gasteiger partial charge in [-0.25, -0.2) is 0 Å². The Bertz CT molecular complexity index is 3020. The van der Waals surface area contributed by atoms with Crippen molar-refractivity contribution in [2.24, 2.45) is 0 Å². The van der Waals surface area contributed by atoms with Crippen molar-refractivity contribution >= 4 is 38.9 Å². The van der Waals surface area contributed by atoms with E-state index in [9.17, 15) is 0 Å². The highest BCUT2D eigenvalue weighted by molar-refractivity contribution is 6.10. The molecule has 2 heteroatoms. The maximum atomic E-state index is 2.47. The highest BCUT2D eigenvalue weighted by Crippen LogP contribution is 2.57. The number of anilines is 3.